The van der Waals surface area contributed by atoms with Gasteiger partial charge in [-0.05, 0) is 41.0 Å². The van der Waals surface area contributed by atoms with E-state index in [0.29, 0.717) is 0 Å². The predicted molar refractivity (Wildman–Crippen MR) is 121 cm³/mol. The number of amides is 2. The maximum Gasteiger partial charge on any atom is 0.407 e. The van der Waals surface area contributed by atoms with Gasteiger partial charge in [-0.1, -0.05) is 48.5 Å². The van der Waals surface area contributed by atoms with Crippen molar-refractivity contribution in [1.29, 1.82) is 0 Å². The van der Waals surface area contributed by atoms with Crippen molar-refractivity contribution in [2.45, 2.75) is 37.3 Å². The van der Waals surface area contributed by atoms with Crippen molar-refractivity contribution in [2.24, 2.45) is 5.92 Å². The number of carbonyl (C=O) groups excluding carboxylic acids is 2. The molecule has 0 spiro atoms. The van der Waals surface area contributed by atoms with Crippen LogP contribution in [-0.4, -0.2) is 55.5 Å². The zero-order chi connectivity index (χ0) is 23.4. The first-order valence-electron chi connectivity index (χ1n) is 11.1. The molecule has 2 atom stereocenters. The summed E-state index contributed by atoms with van der Waals surface area (Å²) >= 11 is 0. The van der Waals surface area contributed by atoms with Gasteiger partial charge in [-0.3, -0.25) is 9.59 Å². The predicted octanol–water partition coefficient (Wildman–Crippen LogP) is 2.91. The molecule has 174 valence electrons. The van der Waals surface area contributed by atoms with Gasteiger partial charge in [-0.25, -0.2) is 4.79 Å². The van der Waals surface area contributed by atoms with Crippen LogP contribution in [0.15, 0.2) is 48.5 Å². The maximum absolute atomic E-state index is 12.7. The number of aliphatic carboxylic acids is 1. The maximum atomic E-state index is 12.7. The van der Waals surface area contributed by atoms with Crippen LogP contribution in [-0.2, 0) is 19.1 Å². The number of alkyl carbamates (subject to hydrolysis) is 1. The summed E-state index contributed by atoms with van der Waals surface area (Å²) in [7, 11) is 1.40. The summed E-state index contributed by atoms with van der Waals surface area (Å²) in [5.74, 6) is -1.38. The number of fused-ring (bicyclic) bond motifs is 3. The molecule has 3 N–H and O–H groups in total. The lowest BCUT2D eigenvalue weighted by atomic mass is 9.98. The molecule has 1 saturated carbocycles. The molecule has 4 rings (SSSR count). The molecule has 0 bridgehead atoms. The fraction of sp³-hybridized carbons (Fsp3) is 0.400. The summed E-state index contributed by atoms with van der Waals surface area (Å²) in [5.41, 5.74) is 4.52. The minimum Gasteiger partial charge on any atom is -0.481 e. The minimum absolute atomic E-state index is 0.0472. The lowest BCUT2D eigenvalue weighted by Gasteiger charge is -2.21. The van der Waals surface area contributed by atoms with E-state index in [4.69, 9.17) is 14.6 Å². The highest BCUT2D eigenvalue weighted by atomic mass is 16.5. The van der Waals surface area contributed by atoms with E-state index in [9.17, 15) is 14.4 Å². The van der Waals surface area contributed by atoms with E-state index < -0.39 is 24.2 Å². The molecule has 0 radical (unpaired) electrons. The van der Waals surface area contributed by atoms with Gasteiger partial charge in [-0.2, -0.15) is 0 Å². The second-order valence-corrected chi connectivity index (χ2v) is 8.49. The number of carboxylic acid groups (broad SMARTS) is 1. The second kappa shape index (κ2) is 10.0. The molecule has 0 saturated heterocycles. The van der Waals surface area contributed by atoms with Crippen molar-refractivity contribution in [3.8, 4) is 11.1 Å². The Hall–Kier alpha value is -3.39. The standard InChI is InChI=1S/C25H28N2O6/c1-32-16(12-22(28)29)13-26-24(30)23(15-10-11-15)27-25(31)33-14-21-19-8-4-2-6-17(19)18-7-3-5-9-20(18)21/h2-9,15-16,21,23H,10-14H2,1H3,(H,26,30)(H,27,31)(H,28,29). The van der Waals surface area contributed by atoms with E-state index in [1.807, 2.05) is 36.4 Å². The summed E-state index contributed by atoms with van der Waals surface area (Å²) in [5, 5.41) is 14.3. The zero-order valence-corrected chi connectivity index (χ0v) is 18.5. The Bertz CT molecular complexity index is 990. The third-order valence-electron chi connectivity index (χ3n) is 6.23. The molecule has 2 amide bonds. The van der Waals surface area contributed by atoms with Gasteiger partial charge in [0.25, 0.3) is 0 Å². The highest BCUT2D eigenvalue weighted by Gasteiger charge is 2.38. The third-order valence-corrected chi connectivity index (χ3v) is 6.23. The van der Waals surface area contributed by atoms with Crippen molar-refractivity contribution in [1.82, 2.24) is 10.6 Å². The number of nitrogens with one attached hydrogen (secondary N) is 2. The first kappa shape index (κ1) is 22.8. The fourth-order valence-electron chi connectivity index (χ4n) is 4.35. The molecule has 8 nitrogen and oxygen atoms in total. The molecular weight excluding hydrogens is 424 g/mol. The van der Waals surface area contributed by atoms with Gasteiger partial charge in [0.05, 0.1) is 12.5 Å². The normalized spacial score (nSPS) is 16.3. The van der Waals surface area contributed by atoms with Crippen LogP contribution in [0.3, 0.4) is 0 Å². The highest BCUT2D eigenvalue weighted by Crippen LogP contribution is 2.44. The topological polar surface area (TPSA) is 114 Å². The molecule has 1 fully saturated rings. The van der Waals surface area contributed by atoms with Crippen molar-refractivity contribution in [2.75, 3.05) is 20.3 Å². The van der Waals surface area contributed by atoms with Crippen LogP contribution in [0.4, 0.5) is 4.79 Å². The second-order valence-electron chi connectivity index (χ2n) is 8.49. The number of hydrogen-bond acceptors (Lipinski definition) is 5. The van der Waals surface area contributed by atoms with Crippen molar-refractivity contribution < 1.29 is 29.0 Å². The van der Waals surface area contributed by atoms with E-state index in [1.54, 1.807) is 0 Å². The van der Waals surface area contributed by atoms with Crippen LogP contribution in [0.2, 0.25) is 0 Å². The van der Waals surface area contributed by atoms with E-state index in [-0.39, 0.29) is 37.3 Å². The quantitative estimate of drug-likeness (QED) is 0.511. The SMILES string of the molecule is COC(CNC(=O)C(NC(=O)OCC1c2ccccc2-c2ccccc21)C1CC1)CC(=O)O. The Morgan fingerprint density at radius 1 is 1.03 bits per heavy atom. The van der Waals surface area contributed by atoms with E-state index in [2.05, 4.69) is 22.8 Å². The molecule has 0 heterocycles. The third kappa shape index (κ3) is 5.34. The number of hydrogen-bond donors (Lipinski definition) is 3. The highest BCUT2D eigenvalue weighted by molar-refractivity contribution is 5.86. The first-order chi connectivity index (χ1) is 16.0. The average molecular weight is 453 g/mol. The zero-order valence-electron chi connectivity index (χ0n) is 18.5. The fourth-order valence-corrected chi connectivity index (χ4v) is 4.35. The lowest BCUT2D eigenvalue weighted by molar-refractivity contribution is -0.140. The largest absolute Gasteiger partial charge is 0.481 e. The molecule has 2 unspecified atom stereocenters. The number of methoxy groups -OCH3 is 1. The van der Waals surface area contributed by atoms with E-state index in [0.717, 1.165) is 35.1 Å². The summed E-state index contributed by atoms with van der Waals surface area (Å²) in [6, 6.07) is 15.5. The summed E-state index contributed by atoms with van der Waals surface area (Å²) in [4.78, 5) is 36.1. The number of carbonyl (C=O) groups is 3. The first-order valence-corrected chi connectivity index (χ1v) is 11.1. The van der Waals surface area contributed by atoms with Crippen LogP contribution in [0, 0.1) is 5.92 Å². The van der Waals surface area contributed by atoms with E-state index >= 15 is 0 Å². The number of ether oxygens (including phenoxy) is 2. The molecule has 8 heteroatoms. The Kier molecular flexibility index (Phi) is 6.93. The Balaban J connectivity index is 1.35. The summed E-state index contributed by atoms with van der Waals surface area (Å²) in [6.07, 6.45) is 0.179. The van der Waals surface area contributed by atoms with Gasteiger partial charge in [0, 0.05) is 19.6 Å². The summed E-state index contributed by atoms with van der Waals surface area (Å²) in [6.45, 7) is 0.223. The number of rotatable bonds is 10. The van der Waals surface area contributed by atoms with Crippen molar-refractivity contribution in [3.63, 3.8) is 0 Å². The smallest absolute Gasteiger partial charge is 0.407 e. The molecule has 2 aromatic carbocycles. The van der Waals surface area contributed by atoms with Crippen LogP contribution < -0.4 is 10.6 Å². The van der Waals surface area contributed by atoms with Crippen LogP contribution >= 0.6 is 0 Å². The van der Waals surface area contributed by atoms with Gasteiger partial charge in [-0.15, -0.1) is 0 Å². The van der Waals surface area contributed by atoms with Crippen molar-refractivity contribution in [3.05, 3.63) is 59.7 Å². The minimum atomic E-state index is -1.01. The van der Waals surface area contributed by atoms with E-state index in [1.165, 1.54) is 7.11 Å². The van der Waals surface area contributed by atoms with Gasteiger partial charge in [0.15, 0.2) is 0 Å². The Morgan fingerprint density at radius 3 is 2.18 bits per heavy atom. The van der Waals surface area contributed by atoms with Gasteiger partial charge >= 0.3 is 12.1 Å². The van der Waals surface area contributed by atoms with Crippen molar-refractivity contribution >= 4 is 18.0 Å². The van der Waals surface area contributed by atoms with Crippen LogP contribution in [0.1, 0.15) is 36.3 Å². The molecule has 33 heavy (non-hydrogen) atoms. The van der Waals surface area contributed by atoms with Gasteiger partial charge in [0.1, 0.15) is 12.6 Å². The monoisotopic (exact) mass is 452 g/mol. The Morgan fingerprint density at radius 2 is 1.64 bits per heavy atom. The van der Waals surface area contributed by atoms with Crippen LogP contribution in [0.25, 0.3) is 11.1 Å². The summed E-state index contributed by atoms with van der Waals surface area (Å²) < 4.78 is 10.7. The molecule has 2 aliphatic carbocycles. The number of carboxylic acids is 1. The number of benzene rings is 2. The molecule has 0 aromatic heterocycles. The average Bonchev–Trinajstić information content (AvgIpc) is 3.61. The molecular formula is C25H28N2O6. The molecule has 2 aromatic rings. The van der Waals surface area contributed by atoms with Gasteiger partial charge in [0.2, 0.25) is 5.91 Å². The lowest BCUT2D eigenvalue weighted by Crippen LogP contribution is -2.50. The Labute approximate surface area is 192 Å². The van der Waals surface area contributed by atoms with Crippen LogP contribution in [0.5, 0.6) is 0 Å². The molecule has 0 aliphatic heterocycles. The van der Waals surface area contributed by atoms with Gasteiger partial charge < -0.3 is 25.2 Å². The molecule has 2 aliphatic rings.